The van der Waals surface area contributed by atoms with Gasteiger partial charge in [0.2, 0.25) is 5.88 Å². The largest absolute Gasteiger partial charge is 0.481 e. The molecule has 1 N–H and O–H groups in total. The van der Waals surface area contributed by atoms with Crippen molar-refractivity contribution in [3.05, 3.63) is 56.0 Å². The van der Waals surface area contributed by atoms with Crippen molar-refractivity contribution in [1.29, 1.82) is 0 Å². The molecule has 0 aliphatic heterocycles. The Balaban J connectivity index is 2.36. The number of aromatic nitrogens is 3. The number of nitrogens with zero attached hydrogens (tertiary/aromatic N) is 2. The van der Waals surface area contributed by atoms with Crippen LogP contribution < -0.4 is 16.0 Å². The van der Waals surface area contributed by atoms with Crippen molar-refractivity contribution in [2.45, 2.75) is 6.54 Å². The van der Waals surface area contributed by atoms with Gasteiger partial charge in [-0.05, 0) is 6.07 Å². The summed E-state index contributed by atoms with van der Waals surface area (Å²) < 4.78 is 6.25. The molecule has 0 fully saturated rings. The van der Waals surface area contributed by atoms with E-state index in [0.717, 1.165) is 0 Å². The summed E-state index contributed by atoms with van der Waals surface area (Å²) >= 11 is 5.66. The molecule has 0 atom stereocenters. The van der Waals surface area contributed by atoms with Crippen molar-refractivity contribution < 1.29 is 4.74 Å². The molecule has 0 bridgehead atoms. The molecule has 0 saturated heterocycles. The summed E-state index contributed by atoms with van der Waals surface area (Å²) in [5, 5.41) is -0.0440. The zero-order chi connectivity index (χ0) is 13.1. The van der Waals surface area contributed by atoms with E-state index in [4.69, 9.17) is 16.3 Å². The van der Waals surface area contributed by atoms with Gasteiger partial charge in [0, 0.05) is 12.3 Å². The third kappa shape index (κ3) is 2.60. The van der Waals surface area contributed by atoms with Crippen LogP contribution >= 0.6 is 11.6 Å². The van der Waals surface area contributed by atoms with Crippen LogP contribution in [0.25, 0.3) is 0 Å². The van der Waals surface area contributed by atoms with E-state index in [-0.39, 0.29) is 11.6 Å². The zero-order valence-electron chi connectivity index (χ0n) is 9.51. The van der Waals surface area contributed by atoms with Crippen LogP contribution in [-0.2, 0) is 6.54 Å². The van der Waals surface area contributed by atoms with Gasteiger partial charge in [0.15, 0.2) is 0 Å². The van der Waals surface area contributed by atoms with Gasteiger partial charge in [-0.1, -0.05) is 17.7 Å². The quantitative estimate of drug-likeness (QED) is 0.885. The maximum absolute atomic E-state index is 11.5. The highest BCUT2D eigenvalue weighted by molar-refractivity contribution is 6.30. The lowest BCUT2D eigenvalue weighted by atomic mass is 10.3. The van der Waals surface area contributed by atoms with Gasteiger partial charge in [-0.15, -0.1) is 0 Å². The number of hydrogen-bond acceptors (Lipinski definition) is 4. The molecular weight excluding hydrogens is 258 g/mol. The molecule has 0 aliphatic rings. The molecule has 0 amide bonds. The highest BCUT2D eigenvalue weighted by Gasteiger charge is 2.04. The van der Waals surface area contributed by atoms with Gasteiger partial charge in [-0.2, -0.15) is 0 Å². The number of methoxy groups -OCH3 is 1. The second-order valence-corrected chi connectivity index (χ2v) is 3.94. The first-order valence-electron chi connectivity index (χ1n) is 5.09. The monoisotopic (exact) mass is 267 g/mol. The van der Waals surface area contributed by atoms with Crippen molar-refractivity contribution in [2.75, 3.05) is 7.11 Å². The zero-order valence-corrected chi connectivity index (χ0v) is 10.3. The number of H-pyrrole nitrogens is 1. The number of ether oxygens (including phenoxy) is 1. The summed E-state index contributed by atoms with van der Waals surface area (Å²) in [6.07, 6.45) is 1.28. The number of hydrogen-bond donors (Lipinski definition) is 1. The standard InChI is InChI=1S/C11H10ClN3O3/c1-18-9-4-2-3-7(13-9)5-15-6-8(12)10(16)14-11(15)17/h2-4,6H,5H2,1H3,(H,14,16,17). The molecule has 94 valence electrons. The molecule has 2 rings (SSSR count). The Morgan fingerprint density at radius 3 is 2.94 bits per heavy atom. The predicted molar refractivity (Wildman–Crippen MR) is 66.2 cm³/mol. The Hall–Kier alpha value is -2.08. The van der Waals surface area contributed by atoms with Crippen molar-refractivity contribution in [1.82, 2.24) is 14.5 Å². The summed E-state index contributed by atoms with van der Waals surface area (Å²) in [4.78, 5) is 28.9. The number of pyridine rings is 1. The average Bonchev–Trinajstić information content (AvgIpc) is 2.36. The number of halogens is 1. The molecular formula is C11H10ClN3O3. The van der Waals surface area contributed by atoms with Gasteiger partial charge in [-0.3, -0.25) is 14.3 Å². The van der Waals surface area contributed by atoms with E-state index in [1.165, 1.54) is 17.9 Å². The van der Waals surface area contributed by atoms with E-state index in [1.54, 1.807) is 18.2 Å². The first kappa shape index (κ1) is 12.4. The smallest absolute Gasteiger partial charge is 0.328 e. The molecule has 0 spiro atoms. The van der Waals surface area contributed by atoms with E-state index in [0.29, 0.717) is 11.6 Å². The Kier molecular flexibility index (Phi) is 3.47. The van der Waals surface area contributed by atoms with Gasteiger partial charge < -0.3 is 4.74 Å². The Morgan fingerprint density at radius 1 is 1.44 bits per heavy atom. The van der Waals surface area contributed by atoms with Gasteiger partial charge >= 0.3 is 5.69 Å². The van der Waals surface area contributed by atoms with E-state index in [1.807, 2.05) is 0 Å². The molecule has 18 heavy (non-hydrogen) atoms. The topological polar surface area (TPSA) is 77.0 Å². The maximum atomic E-state index is 11.5. The van der Waals surface area contributed by atoms with Crippen molar-refractivity contribution >= 4 is 11.6 Å². The molecule has 0 radical (unpaired) electrons. The van der Waals surface area contributed by atoms with Crippen LogP contribution in [-0.4, -0.2) is 21.6 Å². The van der Waals surface area contributed by atoms with Crippen LogP contribution in [0.2, 0.25) is 5.02 Å². The lowest BCUT2D eigenvalue weighted by Gasteiger charge is -2.06. The van der Waals surface area contributed by atoms with E-state index in [2.05, 4.69) is 9.97 Å². The second-order valence-electron chi connectivity index (χ2n) is 3.54. The van der Waals surface area contributed by atoms with Gasteiger partial charge in [-0.25, -0.2) is 9.78 Å². The van der Waals surface area contributed by atoms with Crippen molar-refractivity contribution in [3.63, 3.8) is 0 Å². The number of aromatic amines is 1. The van der Waals surface area contributed by atoms with Gasteiger partial charge in [0.05, 0.1) is 19.3 Å². The Labute approximate surface area is 107 Å². The van der Waals surface area contributed by atoms with Crippen LogP contribution in [0.3, 0.4) is 0 Å². The molecule has 0 aromatic carbocycles. The Morgan fingerprint density at radius 2 is 2.22 bits per heavy atom. The Bertz CT molecular complexity index is 678. The molecule has 2 heterocycles. The highest BCUT2D eigenvalue weighted by atomic mass is 35.5. The van der Waals surface area contributed by atoms with Gasteiger partial charge in [0.25, 0.3) is 5.56 Å². The van der Waals surface area contributed by atoms with Crippen molar-refractivity contribution in [2.24, 2.45) is 0 Å². The second kappa shape index (κ2) is 5.05. The molecule has 0 unspecified atom stereocenters. The maximum Gasteiger partial charge on any atom is 0.328 e. The van der Waals surface area contributed by atoms with E-state index < -0.39 is 11.2 Å². The molecule has 0 saturated carbocycles. The molecule has 6 nitrogen and oxygen atoms in total. The minimum Gasteiger partial charge on any atom is -0.481 e. The lowest BCUT2D eigenvalue weighted by molar-refractivity contribution is 0.395. The predicted octanol–water partition coefficient (Wildman–Crippen LogP) is 0.642. The third-order valence-electron chi connectivity index (χ3n) is 2.29. The van der Waals surface area contributed by atoms with Crippen LogP contribution in [0, 0.1) is 0 Å². The summed E-state index contributed by atoms with van der Waals surface area (Å²) in [6.45, 7) is 0.201. The first-order valence-corrected chi connectivity index (χ1v) is 5.47. The molecule has 7 heteroatoms. The van der Waals surface area contributed by atoms with Crippen molar-refractivity contribution in [3.8, 4) is 5.88 Å². The summed E-state index contributed by atoms with van der Waals surface area (Å²) in [5.41, 5.74) is -0.509. The minimum atomic E-state index is -0.600. The number of rotatable bonds is 3. The summed E-state index contributed by atoms with van der Waals surface area (Å²) in [7, 11) is 1.51. The lowest BCUT2D eigenvalue weighted by Crippen LogP contribution is -2.30. The fourth-order valence-corrected chi connectivity index (χ4v) is 1.60. The van der Waals surface area contributed by atoms with Crippen LogP contribution in [0.5, 0.6) is 5.88 Å². The van der Waals surface area contributed by atoms with E-state index in [9.17, 15) is 9.59 Å². The van der Waals surface area contributed by atoms with Crippen LogP contribution in [0.15, 0.2) is 34.0 Å². The normalized spacial score (nSPS) is 10.3. The highest BCUT2D eigenvalue weighted by Crippen LogP contribution is 2.07. The van der Waals surface area contributed by atoms with E-state index >= 15 is 0 Å². The SMILES string of the molecule is COc1cccc(Cn2cc(Cl)c(=O)[nH]c2=O)n1. The molecule has 2 aromatic rings. The molecule has 0 aliphatic carbocycles. The summed E-state index contributed by atoms with van der Waals surface area (Å²) in [6, 6.07) is 5.21. The fraction of sp³-hybridized carbons (Fsp3) is 0.182. The fourth-order valence-electron chi connectivity index (χ4n) is 1.43. The summed E-state index contributed by atoms with van der Waals surface area (Å²) in [5.74, 6) is 0.455. The van der Waals surface area contributed by atoms with Crippen LogP contribution in [0.1, 0.15) is 5.69 Å². The van der Waals surface area contributed by atoms with Gasteiger partial charge in [0.1, 0.15) is 5.02 Å². The van der Waals surface area contributed by atoms with Crippen LogP contribution in [0.4, 0.5) is 0 Å². The molecule has 2 aromatic heterocycles. The minimum absolute atomic E-state index is 0.0440. The average molecular weight is 268 g/mol. The number of nitrogens with one attached hydrogen (secondary N) is 1. The first-order chi connectivity index (χ1) is 8.60. The third-order valence-corrected chi connectivity index (χ3v) is 2.56.